The maximum Gasteiger partial charge on any atom is 0.415 e. The third-order valence-electron chi connectivity index (χ3n) is 6.54. The van der Waals surface area contributed by atoms with Crippen molar-refractivity contribution in [1.82, 2.24) is 28.9 Å². The number of allylic oxidation sites excluding steroid dienone is 1. The van der Waals surface area contributed by atoms with Crippen LogP contribution < -0.4 is 10.9 Å². The SMILES string of the molecule is C=CCn1c(=O)c2cnc(Nc3ccc4c(C(C)(C)C)n(C(=O)O)cc4c3)nc2n1-c1cccc(C(C)(C)O)n1. The minimum Gasteiger partial charge on any atom is -0.464 e. The Morgan fingerprint density at radius 2 is 1.85 bits per heavy atom. The van der Waals surface area contributed by atoms with Gasteiger partial charge in [0, 0.05) is 40.0 Å². The van der Waals surface area contributed by atoms with Crippen LogP contribution in [0, 0.1) is 0 Å². The quantitative estimate of drug-likeness (QED) is 0.258. The first-order valence-electron chi connectivity index (χ1n) is 12.8. The summed E-state index contributed by atoms with van der Waals surface area (Å²) in [6.07, 6.45) is 3.61. The van der Waals surface area contributed by atoms with Crippen molar-refractivity contribution in [3.05, 3.63) is 83.2 Å². The summed E-state index contributed by atoms with van der Waals surface area (Å²) in [5.74, 6) is 0.646. The fourth-order valence-electron chi connectivity index (χ4n) is 4.83. The lowest BCUT2D eigenvalue weighted by molar-refractivity contribution is 0.0738. The predicted molar refractivity (Wildman–Crippen MR) is 154 cm³/mol. The first-order valence-corrected chi connectivity index (χ1v) is 12.8. The summed E-state index contributed by atoms with van der Waals surface area (Å²) in [4.78, 5) is 38.8. The van der Waals surface area contributed by atoms with Gasteiger partial charge in [0.25, 0.3) is 5.56 Å². The van der Waals surface area contributed by atoms with Crippen LogP contribution in [0.25, 0.3) is 27.6 Å². The molecule has 40 heavy (non-hydrogen) atoms. The average molecular weight is 542 g/mol. The van der Waals surface area contributed by atoms with E-state index in [0.29, 0.717) is 33.9 Å². The Bertz CT molecular complexity index is 1850. The molecule has 5 aromatic rings. The number of benzene rings is 1. The molecule has 3 N–H and O–H groups in total. The fraction of sp³-hybridized carbons (Fsp3) is 0.276. The van der Waals surface area contributed by atoms with Gasteiger partial charge in [0.1, 0.15) is 11.0 Å². The molecule has 4 aromatic heterocycles. The number of fused-ring (bicyclic) bond motifs is 2. The Balaban J connectivity index is 1.62. The number of rotatable bonds is 6. The number of hydrogen-bond donors (Lipinski definition) is 3. The van der Waals surface area contributed by atoms with Gasteiger partial charge in [-0.2, -0.15) is 4.98 Å². The van der Waals surface area contributed by atoms with Crippen LogP contribution in [0.15, 0.2) is 66.2 Å². The summed E-state index contributed by atoms with van der Waals surface area (Å²) in [5, 5.41) is 25.3. The Kier molecular flexibility index (Phi) is 6.34. The predicted octanol–water partition coefficient (Wildman–Crippen LogP) is 4.91. The van der Waals surface area contributed by atoms with E-state index < -0.39 is 11.7 Å². The minimum absolute atomic E-state index is 0.208. The molecule has 0 atom stereocenters. The maximum atomic E-state index is 13.2. The zero-order valence-corrected chi connectivity index (χ0v) is 23.0. The molecule has 1 aromatic carbocycles. The number of aliphatic hydroxyl groups is 1. The molecule has 0 saturated carbocycles. The van der Waals surface area contributed by atoms with Gasteiger partial charge in [0.15, 0.2) is 11.5 Å². The summed E-state index contributed by atoms with van der Waals surface area (Å²) in [6.45, 7) is 13.2. The molecule has 0 unspecified atom stereocenters. The van der Waals surface area contributed by atoms with E-state index in [2.05, 4.69) is 26.8 Å². The van der Waals surface area contributed by atoms with E-state index in [4.69, 9.17) is 0 Å². The molecule has 0 aliphatic carbocycles. The van der Waals surface area contributed by atoms with Crippen molar-refractivity contribution in [1.29, 1.82) is 0 Å². The zero-order chi connectivity index (χ0) is 29.0. The molecule has 0 spiro atoms. The van der Waals surface area contributed by atoms with Crippen molar-refractivity contribution < 1.29 is 15.0 Å². The van der Waals surface area contributed by atoms with E-state index in [1.54, 1.807) is 49.0 Å². The highest BCUT2D eigenvalue weighted by Gasteiger charge is 2.25. The van der Waals surface area contributed by atoms with Gasteiger partial charge in [-0.3, -0.25) is 9.36 Å². The smallest absolute Gasteiger partial charge is 0.415 e. The molecule has 206 valence electrons. The van der Waals surface area contributed by atoms with Crippen LogP contribution in [0.5, 0.6) is 0 Å². The number of anilines is 2. The monoisotopic (exact) mass is 541 g/mol. The minimum atomic E-state index is -1.19. The summed E-state index contributed by atoms with van der Waals surface area (Å²) >= 11 is 0. The van der Waals surface area contributed by atoms with Crippen molar-refractivity contribution in [3.8, 4) is 5.82 Å². The van der Waals surface area contributed by atoms with E-state index >= 15 is 0 Å². The van der Waals surface area contributed by atoms with E-state index in [9.17, 15) is 19.8 Å². The van der Waals surface area contributed by atoms with E-state index in [1.165, 1.54) is 15.4 Å². The van der Waals surface area contributed by atoms with Gasteiger partial charge >= 0.3 is 6.09 Å². The maximum absolute atomic E-state index is 13.2. The van der Waals surface area contributed by atoms with Crippen molar-refractivity contribution in [2.45, 2.75) is 52.2 Å². The number of carbonyl (C=O) groups is 1. The van der Waals surface area contributed by atoms with Gasteiger partial charge in [-0.05, 0) is 38.1 Å². The topological polar surface area (TPSA) is 140 Å². The number of nitrogens with one attached hydrogen (secondary N) is 1. The van der Waals surface area contributed by atoms with Gasteiger partial charge in [-0.15, -0.1) is 6.58 Å². The molecular formula is C29H31N7O4. The standard InChI is InChI=1S/C29H31N7O4/c1-7-13-35-25(37)20-15-30-26(33-24(20)36(35)22-10-8-9-21(32-22)29(5,6)40)31-18-11-12-19-17(14-18)16-34(27(38)39)23(19)28(2,3)4/h7-12,14-16,40H,1,13H2,2-6H3,(H,38,39)(H,30,31,33). The van der Waals surface area contributed by atoms with Gasteiger partial charge in [-0.1, -0.05) is 39.0 Å². The van der Waals surface area contributed by atoms with Crippen LogP contribution in [0.3, 0.4) is 0 Å². The zero-order valence-electron chi connectivity index (χ0n) is 23.0. The first kappa shape index (κ1) is 26.8. The van der Waals surface area contributed by atoms with Crippen molar-refractivity contribution in [3.63, 3.8) is 0 Å². The highest BCUT2D eigenvalue weighted by atomic mass is 16.4. The van der Waals surface area contributed by atoms with Crippen LogP contribution in [0.4, 0.5) is 16.4 Å². The van der Waals surface area contributed by atoms with Crippen LogP contribution in [0.1, 0.15) is 46.0 Å². The van der Waals surface area contributed by atoms with Crippen LogP contribution in [-0.4, -0.2) is 45.2 Å². The highest BCUT2D eigenvalue weighted by Crippen LogP contribution is 2.33. The van der Waals surface area contributed by atoms with E-state index in [0.717, 1.165) is 10.8 Å². The normalized spacial score (nSPS) is 12.2. The Hall–Kier alpha value is -4.77. The van der Waals surface area contributed by atoms with Gasteiger partial charge in [0.2, 0.25) is 5.95 Å². The number of carboxylic acid groups (broad SMARTS) is 1. The summed E-state index contributed by atoms with van der Waals surface area (Å²) < 4.78 is 4.31. The fourth-order valence-corrected chi connectivity index (χ4v) is 4.83. The van der Waals surface area contributed by atoms with E-state index in [1.807, 2.05) is 39.0 Å². The Morgan fingerprint density at radius 3 is 2.50 bits per heavy atom. The van der Waals surface area contributed by atoms with Crippen molar-refractivity contribution in [2.24, 2.45) is 0 Å². The molecular weight excluding hydrogens is 510 g/mol. The molecule has 11 nitrogen and oxygen atoms in total. The lowest BCUT2D eigenvalue weighted by atomic mass is 9.89. The second-order valence-corrected chi connectivity index (χ2v) is 11.2. The van der Waals surface area contributed by atoms with E-state index in [-0.39, 0.29) is 23.5 Å². The van der Waals surface area contributed by atoms with Crippen molar-refractivity contribution >= 4 is 39.5 Å². The third kappa shape index (κ3) is 4.64. The average Bonchev–Trinajstić information content (AvgIpc) is 3.39. The highest BCUT2D eigenvalue weighted by molar-refractivity contribution is 5.93. The second kappa shape index (κ2) is 9.45. The summed E-state index contributed by atoms with van der Waals surface area (Å²) in [6, 6.07) is 10.7. The lowest BCUT2D eigenvalue weighted by Gasteiger charge is -2.20. The second-order valence-electron chi connectivity index (χ2n) is 11.2. The molecule has 0 radical (unpaired) electrons. The Morgan fingerprint density at radius 1 is 1.10 bits per heavy atom. The largest absolute Gasteiger partial charge is 0.464 e. The number of aromatic nitrogens is 6. The molecule has 0 saturated heterocycles. The molecule has 5 rings (SSSR count). The number of nitrogens with zero attached hydrogens (tertiary/aromatic N) is 6. The lowest BCUT2D eigenvalue weighted by Crippen LogP contribution is -2.23. The van der Waals surface area contributed by atoms with Crippen molar-refractivity contribution in [2.75, 3.05) is 5.32 Å². The Labute approximate surface area is 230 Å². The van der Waals surface area contributed by atoms with Gasteiger partial charge in [0.05, 0.1) is 12.2 Å². The van der Waals surface area contributed by atoms with Crippen LogP contribution in [-0.2, 0) is 17.6 Å². The molecule has 4 heterocycles. The molecule has 0 amide bonds. The van der Waals surface area contributed by atoms with Crippen LogP contribution >= 0.6 is 0 Å². The molecule has 0 bridgehead atoms. The molecule has 0 fully saturated rings. The summed E-state index contributed by atoms with van der Waals surface area (Å²) in [5.41, 5.74) is 0.246. The molecule has 0 aliphatic heterocycles. The third-order valence-corrected chi connectivity index (χ3v) is 6.54. The molecule has 11 heteroatoms. The van der Waals surface area contributed by atoms with Gasteiger partial charge in [-0.25, -0.2) is 24.1 Å². The van der Waals surface area contributed by atoms with Gasteiger partial charge < -0.3 is 15.5 Å². The number of pyridine rings is 1. The summed E-state index contributed by atoms with van der Waals surface area (Å²) in [7, 11) is 0. The van der Waals surface area contributed by atoms with Crippen LogP contribution in [0.2, 0.25) is 0 Å². The first-order chi connectivity index (χ1) is 18.8. The number of hydrogen-bond acceptors (Lipinski definition) is 7. The molecule has 0 aliphatic rings.